The van der Waals surface area contributed by atoms with E-state index < -0.39 is 5.97 Å². The molecule has 1 aromatic heterocycles. The number of nitrogens with zero attached hydrogens (tertiary/aromatic N) is 3. The van der Waals surface area contributed by atoms with Crippen molar-refractivity contribution in [3.8, 4) is 22.6 Å². The monoisotopic (exact) mass is 428 g/mol. The minimum Gasteiger partial charge on any atom is -0.505 e. The van der Waals surface area contributed by atoms with Gasteiger partial charge in [-0.25, -0.2) is 9.48 Å². The molecule has 160 valence electrons. The molecule has 0 unspecified atom stereocenters. The van der Waals surface area contributed by atoms with Crippen LogP contribution in [0.5, 0.6) is 5.75 Å². The molecule has 0 amide bonds. The van der Waals surface area contributed by atoms with Crippen molar-refractivity contribution in [2.75, 3.05) is 0 Å². The number of aromatic carboxylic acids is 1. The van der Waals surface area contributed by atoms with Crippen LogP contribution in [-0.2, 0) is 0 Å². The Morgan fingerprint density at radius 1 is 0.969 bits per heavy atom. The summed E-state index contributed by atoms with van der Waals surface area (Å²) in [5, 5.41) is 31.1. The molecule has 0 aliphatic carbocycles. The predicted molar refractivity (Wildman–Crippen MR) is 121 cm³/mol. The second kappa shape index (κ2) is 8.35. The second-order valence-corrected chi connectivity index (χ2v) is 7.32. The van der Waals surface area contributed by atoms with E-state index in [2.05, 4.69) is 15.3 Å². The Kier molecular flexibility index (Phi) is 5.43. The predicted octanol–water partition coefficient (Wildman–Crippen LogP) is 5.27. The summed E-state index contributed by atoms with van der Waals surface area (Å²) in [5.41, 5.74) is 3.25. The molecule has 0 atom stereocenters. The average molecular weight is 428 g/mol. The number of azo groups is 1. The summed E-state index contributed by atoms with van der Waals surface area (Å²) in [6.45, 7) is 3.68. The van der Waals surface area contributed by atoms with Crippen LogP contribution in [0.15, 0.2) is 81.8 Å². The molecule has 0 radical (unpaired) electrons. The smallest absolute Gasteiger partial charge is 0.335 e. The number of aromatic hydroxyl groups is 1. The van der Waals surface area contributed by atoms with Crippen LogP contribution in [0.25, 0.3) is 16.8 Å². The number of hydrogen-bond donors (Lipinski definition) is 3. The van der Waals surface area contributed by atoms with Crippen molar-refractivity contribution in [2.24, 2.45) is 10.2 Å². The number of rotatable bonds is 5. The van der Waals surface area contributed by atoms with Gasteiger partial charge in [0.15, 0.2) is 11.4 Å². The van der Waals surface area contributed by atoms with Gasteiger partial charge in [0.05, 0.1) is 16.9 Å². The number of aromatic amines is 1. The van der Waals surface area contributed by atoms with E-state index in [4.69, 9.17) is 0 Å². The van der Waals surface area contributed by atoms with E-state index in [1.165, 1.54) is 16.8 Å². The molecule has 8 heteroatoms. The highest BCUT2D eigenvalue weighted by Gasteiger charge is 2.14. The van der Waals surface area contributed by atoms with Gasteiger partial charge in [0.2, 0.25) is 0 Å². The standard InChI is InChI=1S/C24H20N4O4/c1-14-9-11-18(12-10-14)28-23(30)21(15(2)27-28)26-25-20-8-4-7-19(22(20)29)16-5-3-6-17(13-16)24(31)32/h3-13,27,29H,1-2H3,(H,31,32). The van der Waals surface area contributed by atoms with Crippen LogP contribution in [0.4, 0.5) is 11.4 Å². The Morgan fingerprint density at radius 2 is 1.69 bits per heavy atom. The van der Waals surface area contributed by atoms with E-state index in [0.717, 1.165) is 5.56 Å². The lowest BCUT2D eigenvalue weighted by Crippen LogP contribution is -2.13. The number of phenols is 1. The maximum atomic E-state index is 12.8. The molecule has 3 aromatic carbocycles. The Bertz CT molecular complexity index is 1400. The molecular weight excluding hydrogens is 408 g/mol. The summed E-state index contributed by atoms with van der Waals surface area (Å²) >= 11 is 0. The molecule has 32 heavy (non-hydrogen) atoms. The van der Waals surface area contributed by atoms with Gasteiger partial charge in [-0.3, -0.25) is 9.89 Å². The first-order valence-electron chi connectivity index (χ1n) is 9.81. The van der Waals surface area contributed by atoms with Crippen molar-refractivity contribution in [1.82, 2.24) is 9.78 Å². The topological polar surface area (TPSA) is 120 Å². The molecular formula is C24H20N4O4. The van der Waals surface area contributed by atoms with Gasteiger partial charge in [-0.15, -0.1) is 10.2 Å². The molecule has 0 spiro atoms. The third-order valence-corrected chi connectivity index (χ3v) is 5.03. The zero-order valence-corrected chi connectivity index (χ0v) is 17.4. The van der Waals surface area contributed by atoms with Gasteiger partial charge in [0.25, 0.3) is 5.56 Å². The van der Waals surface area contributed by atoms with Crippen molar-refractivity contribution in [3.05, 3.63) is 93.9 Å². The van der Waals surface area contributed by atoms with Gasteiger partial charge in [-0.1, -0.05) is 42.0 Å². The van der Waals surface area contributed by atoms with Crippen LogP contribution in [0.1, 0.15) is 21.6 Å². The maximum absolute atomic E-state index is 12.8. The molecule has 0 saturated heterocycles. The lowest BCUT2D eigenvalue weighted by molar-refractivity contribution is 0.0697. The summed E-state index contributed by atoms with van der Waals surface area (Å²) < 4.78 is 1.39. The van der Waals surface area contributed by atoms with Gasteiger partial charge in [0, 0.05) is 5.56 Å². The van der Waals surface area contributed by atoms with E-state index in [1.807, 2.05) is 31.2 Å². The van der Waals surface area contributed by atoms with Gasteiger partial charge in [-0.05, 0) is 49.7 Å². The van der Waals surface area contributed by atoms with E-state index >= 15 is 0 Å². The summed E-state index contributed by atoms with van der Waals surface area (Å²) in [4.78, 5) is 24.1. The number of aryl methyl sites for hydroxylation is 2. The summed E-state index contributed by atoms with van der Waals surface area (Å²) in [7, 11) is 0. The van der Waals surface area contributed by atoms with Crippen molar-refractivity contribution < 1.29 is 15.0 Å². The fourth-order valence-electron chi connectivity index (χ4n) is 3.30. The van der Waals surface area contributed by atoms with Crippen molar-refractivity contribution >= 4 is 17.3 Å². The third-order valence-electron chi connectivity index (χ3n) is 5.03. The van der Waals surface area contributed by atoms with Gasteiger partial charge in [-0.2, -0.15) is 0 Å². The second-order valence-electron chi connectivity index (χ2n) is 7.32. The summed E-state index contributed by atoms with van der Waals surface area (Å²) in [6.07, 6.45) is 0. The molecule has 0 bridgehead atoms. The van der Waals surface area contributed by atoms with E-state index in [1.54, 1.807) is 37.3 Å². The molecule has 0 saturated carbocycles. The molecule has 0 fully saturated rings. The molecule has 8 nitrogen and oxygen atoms in total. The highest BCUT2D eigenvalue weighted by Crippen LogP contribution is 2.38. The van der Waals surface area contributed by atoms with Crippen LogP contribution in [0.2, 0.25) is 0 Å². The zero-order valence-electron chi connectivity index (χ0n) is 17.4. The first-order valence-corrected chi connectivity index (χ1v) is 9.81. The summed E-state index contributed by atoms with van der Waals surface area (Å²) in [5.74, 6) is -1.22. The first kappa shape index (κ1) is 20.8. The van der Waals surface area contributed by atoms with Crippen LogP contribution >= 0.6 is 0 Å². The van der Waals surface area contributed by atoms with E-state index in [0.29, 0.717) is 22.5 Å². The molecule has 0 aliphatic heterocycles. The number of hydrogen-bond acceptors (Lipinski definition) is 5. The molecule has 4 rings (SSSR count). The SMILES string of the molecule is Cc1ccc(-n2[nH]c(C)c(N=Nc3cccc(-c4cccc(C(=O)O)c4)c3O)c2=O)cc1. The number of benzene rings is 3. The number of carboxylic acids is 1. The minimum atomic E-state index is -1.06. The Morgan fingerprint density at radius 3 is 2.41 bits per heavy atom. The lowest BCUT2D eigenvalue weighted by atomic mass is 10.0. The van der Waals surface area contributed by atoms with Crippen molar-refractivity contribution in [2.45, 2.75) is 13.8 Å². The van der Waals surface area contributed by atoms with Gasteiger partial charge < -0.3 is 10.2 Å². The Labute approximate surface area is 183 Å². The highest BCUT2D eigenvalue weighted by atomic mass is 16.4. The van der Waals surface area contributed by atoms with Crippen LogP contribution < -0.4 is 5.56 Å². The number of H-pyrrole nitrogens is 1. The van der Waals surface area contributed by atoms with Crippen LogP contribution in [0, 0.1) is 13.8 Å². The number of aromatic nitrogens is 2. The number of para-hydroxylation sites is 1. The van der Waals surface area contributed by atoms with Gasteiger partial charge >= 0.3 is 5.97 Å². The molecule has 4 aromatic rings. The van der Waals surface area contributed by atoms with Gasteiger partial charge in [0.1, 0.15) is 5.69 Å². The van der Waals surface area contributed by atoms with Crippen LogP contribution in [-0.4, -0.2) is 26.0 Å². The maximum Gasteiger partial charge on any atom is 0.335 e. The molecule has 3 N–H and O–H groups in total. The number of carbonyl (C=O) groups is 1. The summed E-state index contributed by atoms with van der Waals surface area (Å²) in [6, 6.07) is 18.6. The van der Waals surface area contributed by atoms with E-state index in [-0.39, 0.29) is 28.2 Å². The minimum absolute atomic E-state index is 0.105. The fraction of sp³-hybridized carbons (Fsp3) is 0.0833. The largest absolute Gasteiger partial charge is 0.505 e. The highest BCUT2D eigenvalue weighted by molar-refractivity contribution is 5.90. The average Bonchev–Trinajstić information content (AvgIpc) is 3.07. The number of nitrogens with one attached hydrogen (secondary N) is 1. The zero-order chi connectivity index (χ0) is 22.8. The first-order chi connectivity index (χ1) is 15.3. The third kappa shape index (κ3) is 3.93. The van der Waals surface area contributed by atoms with E-state index in [9.17, 15) is 19.8 Å². The van der Waals surface area contributed by atoms with Crippen molar-refractivity contribution in [3.63, 3.8) is 0 Å². The lowest BCUT2D eigenvalue weighted by Gasteiger charge is -2.07. The fourth-order valence-corrected chi connectivity index (χ4v) is 3.30. The number of carboxylic acid groups (broad SMARTS) is 1. The Hall–Kier alpha value is -4.46. The molecule has 0 aliphatic rings. The van der Waals surface area contributed by atoms with Crippen molar-refractivity contribution in [1.29, 1.82) is 0 Å². The Balaban J connectivity index is 1.70. The molecule has 1 heterocycles. The van der Waals surface area contributed by atoms with Crippen LogP contribution in [0.3, 0.4) is 0 Å². The quantitative estimate of drug-likeness (QED) is 0.375. The number of phenolic OH excluding ortho intramolecular Hbond substituents is 1. The normalized spacial score (nSPS) is 11.2.